The number of rotatable bonds is 4. The molecule has 0 spiro atoms. The van der Waals surface area contributed by atoms with Crippen LogP contribution in [0.4, 0.5) is 11.4 Å². The van der Waals surface area contributed by atoms with Gasteiger partial charge in [0.05, 0.1) is 12.2 Å². The molecule has 2 N–H and O–H groups in total. The molecule has 0 fully saturated rings. The molecule has 0 saturated carbocycles. The molecule has 0 saturated heterocycles. The highest BCUT2D eigenvalue weighted by Gasteiger charge is 2.21. The van der Waals surface area contributed by atoms with Crippen LogP contribution in [-0.4, -0.2) is 16.3 Å². The summed E-state index contributed by atoms with van der Waals surface area (Å²) in [7, 11) is 0. The van der Waals surface area contributed by atoms with Crippen molar-refractivity contribution in [3.05, 3.63) is 41.7 Å². The van der Waals surface area contributed by atoms with Crippen LogP contribution in [0.5, 0.6) is 0 Å². The first-order valence-electron chi connectivity index (χ1n) is 7.35. The highest BCUT2D eigenvalue weighted by molar-refractivity contribution is 5.68. The first-order chi connectivity index (χ1) is 9.69. The van der Waals surface area contributed by atoms with Gasteiger partial charge in [0.2, 0.25) is 0 Å². The van der Waals surface area contributed by atoms with Crippen molar-refractivity contribution < 1.29 is 0 Å². The largest absolute Gasteiger partial charge is 0.398 e. The molecule has 106 valence electrons. The van der Waals surface area contributed by atoms with Crippen LogP contribution in [0.3, 0.4) is 0 Å². The van der Waals surface area contributed by atoms with Crippen LogP contribution in [0.2, 0.25) is 0 Å². The summed E-state index contributed by atoms with van der Waals surface area (Å²) in [5.41, 5.74) is 10.6. The van der Waals surface area contributed by atoms with Crippen molar-refractivity contribution in [2.75, 3.05) is 17.2 Å². The molecule has 4 heteroatoms. The fourth-order valence-electron chi connectivity index (χ4n) is 2.78. The van der Waals surface area contributed by atoms with Gasteiger partial charge < -0.3 is 10.6 Å². The molecule has 3 rings (SSSR count). The minimum Gasteiger partial charge on any atom is -0.398 e. The average Bonchev–Trinajstić information content (AvgIpc) is 3.07. The van der Waals surface area contributed by atoms with E-state index in [1.807, 2.05) is 12.1 Å². The van der Waals surface area contributed by atoms with Crippen molar-refractivity contribution in [2.24, 2.45) is 0 Å². The third-order valence-corrected chi connectivity index (χ3v) is 4.22. The van der Waals surface area contributed by atoms with Crippen molar-refractivity contribution >= 4 is 11.4 Å². The number of nitrogens with two attached hydrogens (primary N) is 1. The number of nitrogen functional groups attached to an aromatic ring is 1. The van der Waals surface area contributed by atoms with Gasteiger partial charge in [-0.25, -0.2) is 0 Å². The lowest BCUT2D eigenvalue weighted by Crippen LogP contribution is -2.20. The van der Waals surface area contributed by atoms with E-state index in [-0.39, 0.29) is 0 Å². The minimum absolute atomic E-state index is 0.463. The minimum atomic E-state index is 0.463. The van der Waals surface area contributed by atoms with Gasteiger partial charge in [0.1, 0.15) is 0 Å². The van der Waals surface area contributed by atoms with Gasteiger partial charge in [-0.15, -0.1) is 0 Å². The van der Waals surface area contributed by atoms with Gasteiger partial charge >= 0.3 is 0 Å². The summed E-state index contributed by atoms with van der Waals surface area (Å²) >= 11 is 0. The van der Waals surface area contributed by atoms with E-state index in [1.165, 1.54) is 11.3 Å². The summed E-state index contributed by atoms with van der Waals surface area (Å²) in [6.45, 7) is 6.27. The zero-order chi connectivity index (χ0) is 14.1. The molecule has 2 heterocycles. The summed E-state index contributed by atoms with van der Waals surface area (Å²) in [5, 5.41) is 4.68. The van der Waals surface area contributed by atoms with E-state index in [4.69, 9.17) is 5.73 Å². The second kappa shape index (κ2) is 5.19. The fourth-order valence-corrected chi connectivity index (χ4v) is 2.78. The Balaban J connectivity index is 1.77. The van der Waals surface area contributed by atoms with Crippen molar-refractivity contribution in [3.8, 4) is 0 Å². The lowest BCUT2D eigenvalue weighted by atomic mass is 10.1. The van der Waals surface area contributed by atoms with Crippen LogP contribution in [0.1, 0.15) is 37.6 Å². The first kappa shape index (κ1) is 13.0. The summed E-state index contributed by atoms with van der Waals surface area (Å²) < 4.78 is 2.06. The van der Waals surface area contributed by atoms with Crippen LogP contribution in [0.25, 0.3) is 0 Å². The molecule has 0 amide bonds. The van der Waals surface area contributed by atoms with Gasteiger partial charge in [0.25, 0.3) is 0 Å². The number of nitrogens with zero attached hydrogens (tertiary/aromatic N) is 3. The van der Waals surface area contributed by atoms with Crippen LogP contribution in [0.15, 0.2) is 30.5 Å². The van der Waals surface area contributed by atoms with Gasteiger partial charge in [-0.1, -0.05) is 13.0 Å². The molecule has 0 bridgehead atoms. The van der Waals surface area contributed by atoms with Crippen LogP contribution < -0.4 is 10.6 Å². The SMILES string of the molecule is CCC(C)n1ccc(CN2CCc3c(N)cccc32)n1. The molecule has 0 radical (unpaired) electrons. The monoisotopic (exact) mass is 270 g/mol. The average molecular weight is 270 g/mol. The van der Waals surface area contributed by atoms with Crippen LogP contribution >= 0.6 is 0 Å². The molecule has 0 aliphatic carbocycles. The number of aromatic nitrogens is 2. The Morgan fingerprint density at radius 1 is 1.35 bits per heavy atom. The number of fused-ring (bicyclic) bond motifs is 1. The predicted octanol–water partition coefficient (Wildman–Crippen LogP) is 3.00. The quantitative estimate of drug-likeness (QED) is 0.869. The van der Waals surface area contributed by atoms with E-state index in [2.05, 4.69) is 46.9 Å². The second-order valence-corrected chi connectivity index (χ2v) is 5.56. The van der Waals surface area contributed by atoms with E-state index in [9.17, 15) is 0 Å². The van der Waals surface area contributed by atoms with Crippen molar-refractivity contribution in [2.45, 2.75) is 39.3 Å². The van der Waals surface area contributed by atoms with Gasteiger partial charge in [-0.3, -0.25) is 4.68 Å². The second-order valence-electron chi connectivity index (χ2n) is 5.56. The molecule has 1 unspecified atom stereocenters. The van der Waals surface area contributed by atoms with E-state index in [1.54, 1.807) is 0 Å². The van der Waals surface area contributed by atoms with Crippen LogP contribution in [0, 0.1) is 0 Å². The summed E-state index contributed by atoms with van der Waals surface area (Å²) in [4.78, 5) is 2.37. The molecule has 1 aliphatic rings. The molecule has 1 aromatic carbocycles. The fraction of sp³-hybridized carbons (Fsp3) is 0.438. The third kappa shape index (κ3) is 2.26. The van der Waals surface area contributed by atoms with Crippen molar-refractivity contribution in [1.29, 1.82) is 0 Å². The van der Waals surface area contributed by atoms with Crippen molar-refractivity contribution in [3.63, 3.8) is 0 Å². The topological polar surface area (TPSA) is 47.1 Å². The molecular formula is C16H22N4. The maximum Gasteiger partial charge on any atom is 0.0817 e. The van der Waals surface area contributed by atoms with E-state index in [0.29, 0.717) is 6.04 Å². The predicted molar refractivity (Wildman–Crippen MR) is 82.8 cm³/mol. The molecule has 4 nitrogen and oxygen atoms in total. The van der Waals surface area contributed by atoms with Crippen LogP contribution in [-0.2, 0) is 13.0 Å². The van der Waals surface area contributed by atoms with Gasteiger partial charge in [0, 0.05) is 35.7 Å². The zero-order valence-electron chi connectivity index (χ0n) is 12.2. The Kier molecular flexibility index (Phi) is 3.38. The number of hydrogen-bond donors (Lipinski definition) is 1. The number of anilines is 2. The Labute approximate surface area is 120 Å². The maximum atomic E-state index is 6.04. The maximum absolute atomic E-state index is 6.04. The molecule has 1 aliphatic heterocycles. The lowest BCUT2D eigenvalue weighted by Gasteiger charge is -2.18. The number of hydrogen-bond acceptors (Lipinski definition) is 3. The Hall–Kier alpha value is -1.97. The molecule has 1 aromatic heterocycles. The Morgan fingerprint density at radius 3 is 3.00 bits per heavy atom. The standard InChI is InChI=1S/C16H22N4/c1-3-12(2)20-10-7-13(18-20)11-19-9-8-14-15(17)5-4-6-16(14)19/h4-7,10,12H,3,8-9,11,17H2,1-2H3. The molecular weight excluding hydrogens is 248 g/mol. The highest BCUT2D eigenvalue weighted by Crippen LogP contribution is 2.32. The normalized spacial score (nSPS) is 15.4. The van der Waals surface area contributed by atoms with E-state index < -0.39 is 0 Å². The third-order valence-electron chi connectivity index (χ3n) is 4.22. The van der Waals surface area contributed by atoms with Gasteiger partial charge in [-0.05, 0) is 38.0 Å². The Morgan fingerprint density at radius 2 is 2.20 bits per heavy atom. The van der Waals surface area contributed by atoms with E-state index in [0.717, 1.165) is 37.3 Å². The number of benzene rings is 1. The lowest BCUT2D eigenvalue weighted by molar-refractivity contribution is 0.473. The first-order valence-corrected chi connectivity index (χ1v) is 7.35. The summed E-state index contributed by atoms with van der Waals surface area (Å²) in [6, 6.07) is 8.76. The summed E-state index contributed by atoms with van der Waals surface area (Å²) in [5.74, 6) is 0. The van der Waals surface area contributed by atoms with E-state index >= 15 is 0 Å². The zero-order valence-corrected chi connectivity index (χ0v) is 12.2. The molecule has 2 aromatic rings. The van der Waals surface area contributed by atoms with Gasteiger partial charge in [-0.2, -0.15) is 5.10 Å². The Bertz CT molecular complexity index is 602. The summed E-state index contributed by atoms with van der Waals surface area (Å²) in [6.07, 6.45) is 4.22. The highest BCUT2D eigenvalue weighted by atomic mass is 15.3. The van der Waals surface area contributed by atoms with Crippen molar-refractivity contribution in [1.82, 2.24) is 9.78 Å². The molecule has 1 atom stereocenters. The molecule has 20 heavy (non-hydrogen) atoms. The smallest absolute Gasteiger partial charge is 0.0817 e. The van der Waals surface area contributed by atoms with Gasteiger partial charge in [0.15, 0.2) is 0 Å².